The van der Waals surface area contributed by atoms with Gasteiger partial charge in [-0.3, -0.25) is 4.79 Å². The van der Waals surface area contributed by atoms with Gasteiger partial charge in [0.2, 0.25) is 0 Å². The second-order valence-corrected chi connectivity index (χ2v) is 4.05. The van der Waals surface area contributed by atoms with E-state index in [1.54, 1.807) is 6.92 Å². The molecule has 0 bridgehead atoms. The number of Topliss-reactive ketones (excluding diaryl/α,β-unsaturated/α-hetero) is 1. The van der Waals surface area contributed by atoms with E-state index in [1.165, 1.54) is 0 Å². The molecule has 2 rings (SSSR count). The number of hydrogen-bond donors (Lipinski definition) is 1. The van der Waals surface area contributed by atoms with Gasteiger partial charge < -0.3 is 5.73 Å². The van der Waals surface area contributed by atoms with Gasteiger partial charge in [-0.15, -0.1) is 0 Å². The van der Waals surface area contributed by atoms with Crippen LogP contribution in [0.25, 0.3) is 0 Å². The van der Waals surface area contributed by atoms with Gasteiger partial charge in [0.15, 0.2) is 0 Å². The third kappa shape index (κ3) is 2.53. The number of nitrogens with two attached hydrogens (primary N) is 1. The molecule has 85 valence electrons. The van der Waals surface area contributed by atoms with Crippen LogP contribution in [0, 0.1) is 6.07 Å². The number of hydrogen-bond acceptors (Lipinski definition) is 2. The van der Waals surface area contributed by atoms with Crippen LogP contribution in [-0.2, 0) is 4.79 Å². The first-order chi connectivity index (χ1) is 8.18. The van der Waals surface area contributed by atoms with Crippen molar-refractivity contribution in [3.8, 4) is 0 Å². The molecule has 0 saturated heterocycles. The number of carbonyl (C=O) groups is 1. The summed E-state index contributed by atoms with van der Waals surface area (Å²) in [4.78, 5) is 11.8. The van der Waals surface area contributed by atoms with E-state index in [0.29, 0.717) is 5.69 Å². The van der Waals surface area contributed by atoms with Crippen molar-refractivity contribution in [1.82, 2.24) is 0 Å². The maximum atomic E-state index is 11.8. The smallest absolute Gasteiger partial charge is 0.141 e. The van der Waals surface area contributed by atoms with Crippen LogP contribution in [0.15, 0.2) is 48.5 Å². The fourth-order valence-electron chi connectivity index (χ4n) is 1.99. The lowest BCUT2D eigenvalue weighted by molar-refractivity contribution is -0.117. The fourth-order valence-corrected chi connectivity index (χ4v) is 1.99. The van der Waals surface area contributed by atoms with Gasteiger partial charge in [-0.1, -0.05) is 36.4 Å². The van der Waals surface area contributed by atoms with Gasteiger partial charge in [0.05, 0.1) is 5.92 Å². The van der Waals surface area contributed by atoms with Crippen LogP contribution in [0.5, 0.6) is 0 Å². The highest BCUT2D eigenvalue weighted by Gasteiger charge is 2.18. The first kappa shape index (κ1) is 11.4. The van der Waals surface area contributed by atoms with Gasteiger partial charge in [-0.2, -0.15) is 0 Å². The van der Waals surface area contributed by atoms with Crippen molar-refractivity contribution in [3.05, 3.63) is 65.7 Å². The van der Waals surface area contributed by atoms with Crippen molar-refractivity contribution in [3.63, 3.8) is 0 Å². The zero-order valence-electron chi connectivity index (χ0n) is 9.68. The minimum absolute atomic E-state index is 0.113. The highest BCUT2D eigenvalue weighted by atomic mass is 16.1. The number of anilines is 1. The first-order valence-electron chi connectivity index (χ1n) is 5.50. The molecule has 2 aromatic rings. The van der Waals surface area contributed by atoms with Crippen LogP contribution in [0.1, 0.15) is 24.0 Å². The van der Waals surface area contributed by atoms with E-state index in [2.05, 4.69) is 6.07 Å². The van der Waals surface area contributed by atoms with Gasteiger partial charge in [0.1, 0.15) is 5.78 Å². The zero-order valence-corrected chi connectivity index (χ0v) is 9.68. The molecule has 0 fully saturated rings. The lowest BCUT2D eigenvalue weighted by Gasteiger charge is -2.15. The van der Waals surface area contributed by atoms with Crippen LogP contribution < -0.4 is 5.73 Å². The zero-order chi connectivity index (χ0) is 12.3. The van der Waals surface area contributed by atoms with Crippen molar-refractivity contribution in [1.29, 1.82) is 0 Å². The molecule has 2 heteroatoms. The molecule has 0 aliphatic rings. The maximum absolute atomic E-state index is 11.8. The van der Waals surface area contributed by atoms with Crippen molar-refractivity contribution < 1.29 is 4.79 Å². The Morgan fingerprint density at radius 3 is 2.47 bits per heavy atom. The number of ketones is 1. The Bertz CT molecular complexity index is 519. The Kier molecular flexibility index (Phi) is 3.24. The molecule has 17 heavy (non-hydrogen) atoms. The molecule has 1 radical (unpaired) electrons. The van der Waals surface area contributed by atoms with Crippen LogP contribution in [-0.4, -0.2) is 5.78 Å². The average Bonchev–Trinajstić information content (AvgIpc) is 2.30. The maximum Gasteiger partial charge on any atom is 0.141 e. The van der Waals surface area contributed by atoms with Gasteiger partial charge in [-0.25, -0.2) is 0 Å². The van der Waals surface area contributed by atoms with Gasteiger partial charge in [-0.05, 0) is 36.2 Å². The lowest BCUT2D eigenvalue weighted by Crippen LogP contribution is -2.10. The molecule has 1 unspecified atom stereocenters. The monoisotopic (exact) mass is 224 g/mol. The topological polar surface area (TPSA) is 43.1 Å². The Labute approximate surface area is 101 Å². The molecule has 0 spiro atoms. The summed E-state index contributed by atoms with van der Waals surface area (Å²) in [6, 6.07) is 17.9. The van der Waals surface area contributed by atoms with Crippen LogP contribution >= 0.6 is 0 Å². The van der Waals surface area contributed by atoms with Crippen molar-refractivity contribution >= 4 is 11.5 Å². The number of carbonyl (C=O) groups excluding carboxylic acids is 1. The van der Waals surface area contributed by atoms with E-state index >= 15 is 0 Å². The summed E-state index contributed by atoms with van der Waals surface area (Å²) in [5.74, 6) is -0.130. The van der Waals surface area contributed by atoms with E-state index in [4.69, 9.17) is 5.73 Å². The molecule has 2 N–H and O–H groups in total. The summed E-state index contributed by atoms with van der Waals surface area (Å²) in [6.07, 6.45) is 0. The van der Waals surface area contributed by atoms with Crippen molar-refractivity contribution in [2.24, 2.45) is 0 Å². The minimum atomic E-state index is -0.243. The standard InChI is InChI=1S/C15H14NO/c1-11(17)15(12-6-3-2-4-7-12)13-8-5-9-14(16)10-13/h3-10,15H,16H2,1H3. The molecular weight excluding hydrogens is 210 g/mol. The average molecular weight is 224 g/mol. The molecule has 2 aromatic carbocycles. The Balaban J connectivity index is 2.47. The molecule has 0 aliphatic heterocycles. The first-order valence-corrected chi connectivity index (χ1v) is 5.50. The third-order valence-corrected chi connectivity index (χ3v) is 2.73. The van der Waals surface area contributed by atoms with E-state index in [-0.39, 0.29) is 11.7 Å². The molecule has 2 nitrogen and oxygen atoms in total. The summed E-state index contributed by atoms with van der Waals surface area (Å²) >= 11 is 0. The summed E-state index contributed by atoms with van der Waals surface area (Å²) in [6.45, 7) is 1.60. The summed E-state index contributed by atoms with van der Waals surface area (Å²) < 4.78 is 0. The van der Waals surface area contributed by atoms with E-state index in [9.17, 15) is 4.79 Å². The summed E-state index contributed by atoms with van der Waals surface area (Å²) in [5.41, 5.74) is 8.34. The quantitative estimate of drug-likeness (QED) is 0.815. The predicted molar refractivity (Wildman–Crippen MR) is 68.7 cm³/mol. The van der Waals surface area contributed by atoms with E-state index in [0.717, 1.165) is 11.1 Å². The van der Waals surface area contributed by atoms with Gasteiger partial charge in [0, 0.05) is 5.69 Å². The number of rotatable bonds is 3. The highest BCUT2D eigenvalue weighted by Crippen LogP contribution is 2.26. The Morgan fingerprint density at radius 1 is 1.18 bits per heavy atom. The third-order valence-electron chi connectivity index (χ3n) is 2.73. The Morgan fingerprint density at radius 2 is 1.88 bits per heavy atom. The predicted octanol–water partition coefficient (Wildman–Crippen LogP) is 2.79. The fraction of sp³-hybridized carbons (Fsp3) is 0.133. The lowest BCUT2D eigenvalue weighted by atomic mass is 9.88. The number of nitrogen functional groups attached to an aromatic ring is 1. The van der Waals surface area contributed by atoms with Gasteiger partial charge >= 0.3 is 0 Å². The summed E-state index contributed by atoms with van der Waals surface area (Å²) in [5, 5.41) is 0. The molecule has 0 saturated carbocycles. The molecule has 0 heterocycles. The van der Waals surface area contributed by atoms with Gasteiger partial charge in [0.25, 0.3) is 0 Å². The van der Waals surface area contributed by atoms with Crippen molar-refractivity contribution in [2.75, 3.05) is 5.73 Å². The molecule has 1 atom stereocenters. The SMILES string of the molecule is CC(=O)C(c1cc[c]cc1)c1cccc(N)c1. The second kappa shape index (κ2) is 4.83. The summed E-state index contributed by atoms with van der Waals surface area (Å²) in [7, 11) is 0. The van der Waals surface area contributed by atoms with E-state index < -0.39 is 0 Å². The van der Waals surface area contributed by atoms with E-state index in [1.807, 2.05) is 48.5 Å². The largest absolute Gasteiger partial charge is 0.399 e. The molecule has 0 amide bonds. The minimum Gasteiger partial charge on any atom is -0.399 e. The molecule has 0 aromatic heterocycles. The number of benzene rings is 2. The van der Waals surface area contributed by atoms with Crippen molar-refractivity contribution in [2.45, 2.75) is 12.8 Å². The highest BCUT2D eigenvalue weighted by molar-refractivity contribution is 5.87. The van der Waals surface area contributed by atoms with Crippen LogP contribution in [0.3, 0.4) is 0 Å². The van der Waals surface area contributed by atoms with Crippen LogP contribution in [0.4, 0.5) is 5.69 Å². The Hall–Kier alpha value is -2.09. The second-order valence-electron chi connectivity index (χ2n) is 4.05. The molecule has 0 aliphatic carbocycles. The molecular formula is C15H14NO. The van der Waals surface area contributed by atoms with Crippen LogP contribution in [0.2, 0.25) is 0 Å². The normalized spacial score (nSPS) is 12.1.